The van der Waals surface area contributed by atoms with Crippen molar-refractivity contribution in [3.05, 3.63) is 89.2 Å². The number of likely N-dealkylation sites (N-methyl/N-ethyl adjacent to an activating group) is 1. The molecule has 0 aliphatic carbocycles. The number of carbonyl (C=O) groups is 4. The van der Waals surface area contributed by atoms with Crippen molar-refractivity contribution in [1.82, 2.24) is 15.1 Å². The topological polar surface area (TPSA) is 196 Å². The highest BCUT2D eigenvalue weighted by molar-refractivity contribution is 6.02. The van der Waals surface area contributed by atoms with Crippen molar-refractivity contribution < 1.29 is 38.6 Å². The predicted octanol–water partition coefficient (Wildman–Crippen LogP) is 2.30. The van der Waals surface area contributed by atoms with Crippen LogP contribution in [0.5, 0.6) is 5.75 Å². The number of carbonyl (C=O) groups excluding carboxylic acids is 5. The minimum atomic E-state index is -1.48. The Kier molecular flexibility index (Phi) is 15.4. The Hall–Kier alpha value is -4.98. The third kappa shape index (κ3) is 11.3. The lowest BCUT2D eigenvalue weighted by Gasteiger charge is -2.35. The number of phenolic OH excluding ortho intramolecular Hbond substituents is 1. The van der Waals surface area contributed by atoms with Crippen LogP contribution in [0.2, 0.25) is 0 Å². The zero-order valence-electron chi connectivity index (χ0n) is 29.2. The number of nitrogens with zero attached hydrogens (tertiary/aromatic N) is 2. The van der Waals surface area contributed by atoms with E-state index in [0.29, 0.717) is 41.6 Å². The third-order valence-corrected chi connectivity index (χ3v) is 8.59. The van der Waals surface area contributed by atoms with Crippen LogP contribution in [0.3, 0.4) is 0 Å². The Morgan fingerprint density at radius 1 is 0.961 bits per heavy atom. The lowest BCUT2D eigenvalue weighted by Crippen LogP contribution is -2.59. The molecule has 3 rings (SSSR count). The fraction of sp³-hybridized carbons (Fsp3) is 0.395. The van der Waals surface area contributed by atoms with Crippen molar-refractivity contribution >= 4 is 29.9 Å². The fourth-order valence-electron chi connectivity index (χ4n) is 5.53. The maximum absolute atomic E-state index is 14.7. The second-order valence-electron chi connectivity index (χ2n) is 12.6. The Morgan fingerprint density at radius 2 is 1.61 bits per heavy atom. The van der Waals surface area contributed by atoms with Gasteiger partial charge in [0.25, 0.3) is 5.91 Å². The van der Waals surface area contributed by atoms with E-state index in [0.717, 1.165) is 15.4 Å². The van der Waals surface area contributed by atoms with Crippen LogP contribution in [0.15, 0.2) is 66.7 Å². The molecular weight excluding hydrogens is 657 g/mol. The molecule has 3 aromatic carbocycles. The number of unbranched alkanes of at least 4 members (excludes halogenated alkanes) is 1. The number of aromatic hydroxyl groups is 1. The zero-order valence-corrected chi connectivity index (χ0v) is 29.2. The smallest absolute Gasteiger partial charge is 0.252 e. The summed E-state index contributed by atoms with van der Waals surface area (Å²) in [5.41, 5.74) is 14.6. The van der Waals surface area contributed by atoms with Crippen LogP contribution in [0, 0.1) is 12.7 Å². The SMILES string of the molecule is Cc1ccc(-c2cc(C[C@@H](C(=O)N(C(=O)CCc3ccc(F)cc3)[C@@H]([C]=O)CCCCN)N(C)C(=O)[C@H](CO)NC(=O)[C@H](C)N)ccc2O)cc1. The van der Waals surface area contributed by atoms with Crippen molar-refractivity contribution in [3.63, 3.8) is 0 Å². The van der Waals surface area contributed by atoms with Gasteiger partial charge < -0.3 is 31.9 Å². The summed E-state index contributed by atoms with van der Waals surface area (Å²) in [5, 5.41) is 23.2. The van der Waals surface area contributed by atoms with Crippen molar-refractivity contribution in [2.24, 2.45) is 11.5 Å². The van der Waals surface area contributed by atoms with Gasteiger partial charge in [0, 0.05) is 25.5 Å². The number of rotatable bonds is 18. The largest absolute Gasteiger partial charge is 0.507 e. The Labute approximate surface area is 297 Å². The van der Waals surface area contributed by atoms with Gasteiger partial charge in [-0.2, -0.15) is 0 Å². The number of aliphatic hydroxyl groups is 1. The van der Waals surface area contributed by atoms with Gasteiger partial charge in [-0.25, -0.2) is 4.39 Å². The lowest BCUT2D eigenvalue weighted by atomic mass is 9.96. The summed E-state index contributed by atoms with van der Waals surface area (Å²) in [6.07, 6.45) is 2.53. The normalized spacial score (nSPS) is 13.4. The monoisotopic (exact) mass is 704 g/mol. The second-order valence-corrected chi connectivity index (χ2v) is 12.6. The first-order chi connectivity index (χ1) is 24.3. The molecule has 0 spiro atoms. The molecule has 51 heavy (non-hydrogen) atoms. The van der Waals surface area contributed by atoms with Crippen molar-refractivity contribution in [2.45, 2.75) is 76.5 Å². The Balaban J connectivity index is 2.09. The summed E-state index contributed by atoms with van der Waals surface area (Å²) in [7, 11) is 1.29. The first kappa shape index (κ1) is 40.4. The Bertz CT molecular complexity index is 1650. The summed E-state index contributed by atoms with van der Waals surface area (Å²) in [5.74, 6) is -3.65. The molecule has 4 atom stereocenters. The molecule has 4 amide bonds. The third-order valence-electron chi connectivity index (χ3n) is 8.59. The number of nitrogens with two attached hydrogens (primary N) is 2. The highest BCUT2D eigenvalue weighted by Gasteiger charge is 2.39. The van der Waals surface area contributed by atoms with Crippen molar-refractivity contribution in [2.75, 3.05) is 20.2 Å². The van der Waals surface area contributed by atoms with Crippen LogP contribution >= 0.6 is 0 Å². The van der Waals surface area contributed by atoms with Crippen LogP contribution in [0.1, 0.15) is 49.3 Å². The number of amides is 4. The molecule has 7 N–H and O–H groups in total. The van der Waals surface area contributed by atoms with E-state index in [4.69, 9.17) is 11.5 Å². The fourth-order valence-corrected chi connectivity index (χ4v) is 5.53. The van der Waals surface area contributed by atoms with E-state index in [-0.39, 0.29) is 31.4 Å². The summed E-state index contributed by atoms with van der Waals surface area (Å²) < 4.78 is 13.5. The number of aryl methyl sites for hydroxylation is 2. The van der Waals surface area contributed by atoms with Gasteiger partial charge in [-0.15, -0.1) is 0 Å². The van der Waals surface area contributed by atoms with Crippen LogP contribution in [0.4, 0.5) is 4.39 Å². The number of imide groups is 1. The Morgan fingerprint density at radius 3 is 2.20 bits per heavy atom. The summed E-state index contributed by atoms with van der Waals surface area (Å²) in [6, 6.07) is 12.4. The maximum Gasteiger partial charge on any atom is 0.252 e. The maximum atomic E-state index is 14.7. The first-order valence-electron chi connectivity index (χ1n) is 16.8. The van der Waals surface area contributed by atoms with Gasteiger partial charge in [-0.1, -0.05) is 48.0 Å². The molecule has 1 radical (unpaired) electrons. The molecule has 0 unspecified atom stereocenters. The van der Waals surface area contributed by atoms with E-state index in [1.165, 1.54) is 44.3 Å². The van der Waals surface area contributed by atoms with E-state index in [1.807, 2.05) is 37.5 Å². The van der Waals surface area contributed by atoms with Crippen LogP contribution in [-0.4, -0.2) is 94.3 Å². The van der Waals surface area contributed by atoms with E-state index < -0.39 is 60.2 Å². The summed E-state index contributed by atoms with van der Waals surface area (Å²) >= 11 is 0. The van der Waals surface area contributed by atoms with Gasteiger partial charge in [0.1, 0.15) is 29.7 Å². The molecule has 0 saturated carbocycles. The molecule has 0 aliphatic heterocycles. The van der Waals surface area contributed by atoms with Gasteiger partial charge >= 0.3 is 0 Å². The molecule has 0 saturated heterocycles. The minimum Gasteiger partial charge on any atom is -0.507 e. The molecule has 0 aromatic heterocycles. The molecule has 13 heteroatoms. The molecular formula is C38H47FN5O7. The number of benzene rings is 3. The highest BCUT2D eigenvalue weighted by Crippen LogP contribution is 2.31. The van der Waals surface area contributed by atoms with Crippen LogP contribution in [-0.2, 0) is 36.8 Å². The average Bonchev–Trinajstić information content (AvgIpc) is 3.12. The molecule has 0 heterocycles. The molecule has 3 aromatic rings. The number of aliphatic hydroxyl groups excluding tert-OH is 1. The molecule has 0 aliphatic rings. The van der Waals surface area contributed by atoms with E-state index in [2.05, 4.69) is 5.32 Å². The number of hydrogen-bond donors (Lipinski definition) is 5. The minimum absolute atomic E-state index is 0.0259. The van der Waals surface area contributed by atoms with E-state index in [9.17, 15) is 38.6 Å². The van der Waals surface area contributed by atoms with Crippen LogP contribution < -0.4 is 16.8 Å². The second kappa shape index (κ2) is 19.4. The number of halogens is 1. The van der Waals surface area contributed by atoms with Crippen LogP contribution in [0.25, 0.3) is 11.1 Å². The summed E-state index contributed by atoms with van der Waals surface area (Å²) in [6.45, 7) is 2.82. The van der Waals surface area contributed by atoms with E-state index >= 15 is 0 Å². The van der Waals surface area contributed by atoms with Crippen molar-refractivity contribution in [1.29, 1.82) is 0 Å². The quantitative estimate of drug-likeness (QED) is 0.123. The number of hydrogen-bond acceptors (Lipinski definition) is 9. The van der Waals surface area contributed by atoms with Gasteiger partial charge in [-0.05, 0) is 87.0 Å². The van der Waals surface area contributed by atoms with Gasteiger partial charge in [0.15, 0.2) is 0 Å². The molecule has 0 fully saturated rings. The first-order valence-corrected chi connectivity index (χ1v) is 16.8. The molecule has 12 nitrogen and oxygen atoms in total. The lowest BCUT2D eigenvalue weighted by molar-refractivity contribution is -0.154. The zero-order chi connectivity index (χ0) is 37.7. The van der Waals surface area contributed by atoms with Crippen molar-refractivity contribution in [3.8, 4) is 16.9 Å². The van der Waals surface area contributed by atoms with E-state index in [1.54, 1.807) is 12.1 Å². The van der Waals surface area contributed by atoms with Gasteiger partial charge in [0.2, 0.25) is 24.0 Å². The van der Waals surface area contributed by atoms with Gasteiger partial charge in [-0.3, -0.25) is 28.9 Å². The highest BCUT2D eigenvalue weighted by atomic mass is 19.1. The molecule has 0 bridgehead atoms. The van der Waals surface area contributed by atoms with Gasteiger partial charge in [0.05, 0.1) is 12.6 Å². The average molecular weight is 705 g/mol. The summed E-state index contributed by atoms with van der Waals surface area (Å²) in [4.78, 5) is 69.0. The predicted molar refractivity (Wildman–Crippen MR) is 190 cm³/mol. The molecule has 273 valence electrons. The number of phenols is 1. The standard InChI is InChI=1S/C38H47FN5O7/c1-24-7-13-28(14-8-24)31-20-27(11-17-34(31)47)21-33(43(3)37(50)32(23-46)42-36(49)25(2)41)38(51)44(30(22-45)6-4-5-19-40)35(48)18-12-26-9-15-29(39)16-10-26/h7-11,13-17,20,25,30,32-33,46-47H,4-6,12,18-19,21,23,40-41H2,1-3H3,(H,42,49)/t25-,30+,32-,33-/m0/s1. The number of nitrogens with one attached hydrogen (secondary N) is 1.